The molecule has 3 rings (SSSR count). The zero-order valence-electron chi connectivity index (χ0n) is 15.8. The van der Waals surface area contributed by atoms with Gasteiger partial charge in [0.05, 0.1) is 0 Å². The predicted molar refractivity (Wildman–Crippen MR) is 106 cm³/mol. The van der Waals surface area contributed by atoms with E-state index in [0.717, 1.165) is 30.6 Å². The van der Waals surface area contributed by atoms with Gasteiger partial charge in [-0.2, -0.15) is 0 Å². The molecule has 1 unspecified atom stereocenters. The van der Waals surface area contributed by atoms with E-state index in [9.17, 15) is 4.79 Å². The Bertz CT molecular complexity index is 644. The first kappa shape index (κ1) is 18.8. The van der Waals surface area contributed by atoms with Gasteiger partial charge in [-0.05, 0) is 45.5 Å². The molecule has 142 valence electrons. The number of aromatic nitrogens is 2. The van der Waals surface area contributed by atoms with E-state index in [4.69, 9.17) is 12.2 Å². The molecule has 2 aliphatic heterocycles. The van der Waals surface area contributed by atoms with E-state index in [1.165, 1.54) is 0 Å². The maximum absolute atomic E-state index is 12.6. The molecule has 1 N–H and O–H groups in total. The van der Waals surface area contributed by atoms with Crippen LogP contribution in [0.3, 0.4) is 0 Å². The molecule has 8 heteroatoms. The summed E-state index contributed by atoms with van der Waals surface area (Å²) in [7, 11) is 0. The fraction of sp³-hybridized carbons (Fsp3) is 0.667. The fourth-order valence-electron chi connectivity index (χ4n) is 3.77. The van der Waals surface area contributed by atoms with E-state index in [1.807, 2.05) is 11.0 Å². The van der Waals surface area contributed by atoms with E-state index in [2.05, 4.69) is 45.9 Å². The van der Waals surface area contributed by atoms with Gasteiger partial charge in [0.15, 0.2) is 5.11 Å². The van der Waals surface area contributed by atoms with Crippen LogP contribution in [0.25, 0.3) is 0 Å². The minimum Gasteiger partial charge on any atom is -0.358 e. The third-order valence-corrected chi connectivity index (χ3v) is 5.41. The molecule has 0 aliphatic carbocycles. The average molecular weight is 377 g/mol. The van der Waals surface area contributed by atoms with Crippen LogP contribution < -0.4 is 10.2 Å². The van der Waals surface area contributed by atoms with E-state index >= 15 is 0 Å². The van der Waals surface area contributed by atoms with Gasteiger partial charge in [0, 0.05) is 63.1 Å². The standard InChI is InChI=1S/C18H28N6OS/c1-14-13-18(2,3)21-17(26)24(14)8-5-15(25)22-9-11-23(12-10-22)16-19-6-4-7-20-16/h4,6-7,14H,5,8-13H2,1-3H3,(H,21,26). The molecule has 2 aliphatic rings. The van der Waals surface area contributed by atoms with E-state index in [-0.39, 0.29) is 11.4 Å². The van der Waals surface area contributed by atoms with Crippen molar-refractivity contribution in [1.29, 1.82) is 0 Å². The van der Waals surface area contributed by atoms with E-state index < -0.39 is 0 Å². The summed E-state index contributed by atoms with van der Waals surface area (Å²) in [6, 6.07) is 2.16. The van der Waals surface area contributed by atoms with Gasteiger partial charge in [0.2, 0.25) is 11.9 Å². The van der Waals surface area contributed by atoms with Gasteiger partial charge < -0.3 is 20.0 Å². The number of anilines is 1. The maximum Gasteiger partial charge on any atom is 0.225 e. The molecule has 2 saturated heterocycles. The summed E-state index contributed by atoms with van der Waals surface area (Å²) in [6.07, 6.45) is 5.00. The minimum atomic E-state index is 0.0207. The van der Waals surface area contributed by atoms with Gasteiger partial charge in [-0.3, -0.25) is 4.79 Å². The van der Waals surface area contributed by atoms with E-state index in [1.54, 1.807) is 12.4 Å². The number of carbonyl (C=O) groups excluding carboxylic acids is 1. The second kappa shape index (κ2) is 7.73. The van der Waals surface area contributed by atoms with Crippen LogP contribution in [0.4, 0.5) is 5.95 Å². The molecule has 2 fully saturated rings. The van der Waals surface area contributed by atoms with Crippen molar-refractivity contribution < 1.29 is 4.79 Å². The molecule has 1 aromatic heterocycles. The summed E-state index contributed by atoms with van der Waals surface area (Å²) in [5.74, 6) is 0.930. The molecule has 7 nitrogen and oxygen atoms in total. The van der Waals surface area contributed by atoms with Crippen LogP contribution in [0.2, 0.25) is 0 Å². The van der Waals surface area contributed by atoms with Gasteiger partial charge in [-0.25, -0.2) is 9.97 Å². The van der Waals surface area contributed by atoms with Gasteiger partial charge in [-0.15, -0.1) is 0 Å². The maximum atomic E-state index is 12.6. The molecule has 1 atom stereocenters. The number of carbonyl (C=O) groups is 1. The Balaban J connectivity index is 1.47. The fourth-order valence-corrected chi connectivity index (χ4v) is 4.32. The van der Waals surface area contributed by atoms with Crippen LogP contribution in [0, 0.1) is 0 Å². The Labute approximate surface area is 160 Å². The van der Waals surface area contributed by atoms with Crippen LogP contribution in [0.1, 0.15) is 33.6 Å². The normalized spacial score (nSPS) is 23.0. The van der Waals surface area contributed by atoms with Gasteiger partial charge in [0.25, 0.3) is 0 Å². The van der Waals surface area contributed by atoms with Crippen LogP contribution in [-0.4, -0.2) is 75.1 Å². The molecule has 0 radical (unpaired) electrons. The number of nitrogens with zero attached hydrogens (tertiary/aromatic N) is 5. The first-order valence-corrected chi connectivity index (χ1v) is 9.65. The molecule has 26 heavy (non-hydrogen) atoms. The van der Waals surface area contributed by atoms with Crippen LogP contribution in [0.5, 0.6) is 0 Å². The Morgan fingerprint density at radius 3 is 2.54 bits per heavy atom. The van der Waals surface area contributed by atoms with Crippen LogP contribution >= 0.6 is 12.2 Å². The molecular formula is C18H28N6OS. The molecule has 1 amide bonds. The number of thiocarbonyl (C=S) groups is 1. The van der Waals surface area contributed by atoms with Crippen molar-refractivity contribution in [2.45, 2.75) is 45.2 Å². The zero-order valence-corrected chi connectivity index (χ0v) is 16.6. The van der Waals surface area contributed by atoms with Crippen molar-refractivity contribution in [3.63, 3.8) is 0 Å². The highest BCUT2D eigenvalue weighted by molar-refractivity contribution is 7.80. The number of rotatable bonds is 4. The Morgan fingerprint density at radius 1 is 1.27 bits per heavy atom. The van der Waals surface area contributed by atoms with Crippen molar-refractivity contribution in [2.75, 3.05) is 37.6 Å². The lowest BCUT2D eigenvalue weighted by molar-refractivity contribution is -0.131. The molecule has 1 aromatic rings. The smallest absolute Gasteiger partial charge is 0.225 e. The summed E-state index contributed by atoms with van der Waals surface area (Å²) in [5, 5.41) is 4.13. The lowest BCUT2D eigenvalue weighted by Gasteiger charge is -2.45. The molecule has 0 spiro atoms. The molecule has 0 aromatic carbocycles. The van der Waals surface area contributed by atoms with Crippen molar-refractivity contribution in [1.82, 2.24) is 25.1 Å². The largest absolute Gasteiger partial charge is 0.358 e. The second-order valence-corrected chi connectivity index (χ2v) is 8.11. The lowest BCUT2D eigenvalue weighted by atomic mass is 9.93. The molecular weight excluding hydrogens is 348 g/mol. The van der Waals surface area contributed by atoms with Gasteiger partial charge in [-0.1, -0.05) is 0 Å². The number of amides is 1. The van der Waals surface area contributed by atoms with Crippen LogP contribution in [-0.2, 0) is 4.79 Å². The second-order valence-electron chi connectivity index (χ2n) is 7.73. The highest BCUT2D eigenvalue weighted by atomic mass is 32.1. The summed E-state index contributed by atoms with van der Waals surface area (Å²) >= 11 is 5.50. The van der Waals surface area contributed by atoms with Crippen molar-refractivity contribution in [2.24, 2.45) is 0 Å². The highest BCUT2D eigenvalue weighted by Crippen LogP contribution is 2.22. The summed E-state index contributed by atoms with van der Waals surface area (Å²) in [5.41, 5.74) is 0.0207. The minimum absolute atomic E-state index is 0.0207. The number of hydrogen-bond donors (Lipinski definition) is 1. The summed E-state index contributed by atoms with van der Waals surface area (Å²) in [6.45, 7) is 10.1. The summed E-state index contributed by atoms with van der Waals surface area (Å²) < 4.78 is 0. The molecule has 3 heterocycles. The number of nitrogens with one attached hydrogen (secondary N) is 1. The molecule has 0 bridgehead atoms. The Kier molecular flexibility index (Phi) is 5.60. The zero-order chi connectivity index (χ0) is 18.7. The van der Waals surface area contributed by atoms with Crippen LogP contribution in [0.15, 0.2) is 18.5 Å². The lowest BCUT2D eigenvalue weighted by Crippen LogP contribution is -2.60. The topological polar surface area (TPSA) is 64.6 Å². The van der Waals surface area contributed by atoms with E-state index in [0.29, 0.717) is 32.1 Å². The molecule has 0 saturated carbocycles. The summed E-state index contributed by atoms with van der Waals surface area (Å²) in [4.78, 5) is 27.4. The highest BCUT2D eigenvalue weighted by Gasteiger charge is 2.33. The average Bonchev–Trinajstić information content (AvgIpc) is 2.61. The third kappa shape index (κ3) is 4.41. The SMILES string of the molecule is CC1CC(C)(C)NC(=S)N1CCC(=O)N1CCN(c2ncccn2)CC1. The van der Waals surface area contributed by atoms with Gasteiger partial charge in [0.1, 0.15) is 0 Å². The first-order valence-electron chi connectivity index (χ1n) is 9.24. The Morgan fingerprint density at radius 2 is 1.92 bits per heavy atom. The number of hydrogen-bond acceptors (Lipinski definition) is 5. The van der Waals surface area contributed by atoms with Crippen molar-refractivity contribution in [3.05, 3.63) is 18.5 Å². The quantitative estimate of drug-likeness (QED) is 0.794. The first-order chi connectivity index (χ1) is 12.4. The predicted octanol–water partition coefficient (Wildman–Crippen LogP) is 1.26. The van der Waals surface area contributed by atoms with Gasteiger partial charge >= 0.3 is 0 Å². The third-order valence-electron chi connectivity index (χ3n) is 5.08. The Hall–Kier alpha value is -1.96. The van der Waals surface area contributed by atoms with Crippen molar-refractivity contribution >= 4 is 29.2 Å². The monoisotopic (exact) mass is 376 g/mol. The number of piperazine rings is 1. The van der Waals surface area contributed by atoms with Crippen molar-refractivity contribution in [3.8, 4) is 0 Å².